The van der Waals surface area contributed by atoms with E-state index in [1.807, 2.05) is 50.2 Å². The zero-order valence-electron chi connectivity index (χ0n) is 15.2. The molecule has 0 radical (unpaired) electrons. The summed E-state index contributed by atoms with van der Waals surface area (Å²) >= 11 is 0. The number of rotatable bonds is 4. The second-order valence-electron chi connectivity index (χ2n) is 7.12. The van der Waals surface area contributed by atoms with Gasteiger partial charge in [0.25, 0.3) is 0 Å². The van der Waals surface area contributed by atoms with Crippen LogP contribution < -0.4 is 10.4 Å². The van der Waals surface area contributed by atoms with Gasteiger partial charge < -0.3 is 9.15 Å². The highest BCUT2D eigenvalue weighted by Crippen LogP contribution is 2.28. The molecule has 4 nitrogen and oxygen atoms in total. The van der Waals surface area contributed by atoms with E-state index >= 15 is 0 Å². The Bertz CT molecular complexity index is 976. The molecule has 1 aliphatic rings. The summed E-state index contributed by atoms with van der Waals surface area (Å²) in [4.78, 5) is 14.9. The van der Waals surface area contributed by atoms with Crippen LogP contribution in [0, 0.1) is 0 Å². The molecule has 1 aromatic heterocycles. The van der Waals surface area contributed by atoms with Gasteiger partial charge in [0, 0.05) is 31.1 Å². The molecule has 0 saturated heterocycles. The molecule has 4 rings (SSSR count). The lowest BCUT2D eigenvalue weighted by Crippen LogP contribution is -2.33. The summed E-state index contributed by atoms with van der Waals surface area (Å²) in [6.07, 6.45) is 0.942. The average molecular weight is 349 g/mol. The molecule has 0 fully saturated rings. The summed E-state index contributed by atoms with van der Waals surface area (Å²) in [6, 6.07) is 16.2. The van der Waals surface area contributed by atoms with Crippen molar-refractivity contribution in [2.45, 2.75) is 39.5 Å². The second-order valence-corrected chi connectivity index (χ2v) is 7.12. The van der Waals surface area contributed by atoms with Crippen molar-refractivity contribution in [2.75, 3.05) is 6.54 Å². The van der Waals surface area contributed by atoms with Gasteiger partial charge in [-0.1, -0.05) is 30.3 Å². The molecule has 0 N–H and O–H groups in total. The third-order valence-electron chi connectivity index (χ3n) is 4.77. The number of hydrogen-bond donors (Lipinski definition) is 0. The molecule has 0 saturated carbocycles. The van der Waals surface area contributed by atoms with E-state index in [4.69, 9.17) is 9.15 Å². The minimum absolute atomic E-state index is 0.0864. The van der Waals surface area contributed by atoms with Crippen LogP contribution in [0.3, 0.4) is 0 Å². The average Bonchev–Trinajstić information content (AvgIpc) is 2.62. The first-order chi connectivity index (χ1) is 12.6. The largest absolute Gasteiger partial charge is 0.491 e. The Balaban J connectivity index is 1.65. The number of hydrogen-bond acceptors (Lipinski definition) is 4. The molecule has 0 atom stereocenters. The lowest BCUT2D eigenvalue weighted by molar-refractivity contribution is 0.240. The third kappa shape index (κ3) is 3.37. The molecular weight excluding hydrogens is 326 g/mol. The van der Waals surface area contributed by atoms with Gasteiger partial charge in [0.05, 0.1) is 11.7 Å². The molecule has 3 aromatic rings. The van der Waals surface area contributed by atoms with Crippen LogP contribution in [0.5, 0.6) is 5.75 Å². The lowest BCUT2D eigenvalue weighted by Gasteiger charge is -2.28. The summed E-state index contributed by atoms with van der Waals surface area (Å²) in [6.45, 7) is 6.37. The highest BCUT2D eigenvalue weighted by atomic mass is 16.5. The van der Waals surface area contributed by atoms with Crippen molar-refractivity contribution < 1.29 is 9.15 Å². The van der Waals surface area contributed by atoms with Gasteiger partial charge in [-0.25, -0.2) is 4.79 Å². The maximum atomic E-state index is 12.6. The van der Waals surface area contributed by atoms with Crippen molar-refractivity contribution in [3.8, 4) is 5.75 Å². The molecule has 0 spiro atoms. The number of benzene rings is 2. The van der Waals surface area contributed by atoms with Crippen LogP contribution in [0.1, 0.15) is 30.5 Å². The highest BCUT2D eigenvalue weighted by Gasteiger charge is 2.23. The molecule has 0 bridgehead atoms. The lowest BCUT2D eigenvalue weighted by atomic mass is 9.97. The molecule has 2 heterocycles. The Morgan fingerprint density at radius 1 is 1.12 bits per heavy atom. The van der Waals surface area contributed by atoms with E-state index in [1.54, 1.807) is 0 Å². The van der Waals surface area contributed by atoms with E-state index in [9.17, 15) is 4.79 Å². The Labute approximate surface area is 153 Å². The Morgan fingerprint density at radius 3 is 2.69 bits per heavy atom. The molecule has 1 aliphatic heterocycles. The van der Waals surface area contributed by atoms with Gasteiger partial charge in [0.1, 0.15) is 11.3 Å². The van der Waals surface area contributed by atoms with Gasteiger partial charge in [0.15, 0.2) is 0 Å². The third-order valence-corrected chi connectivity index (χ3v) is 4.77. The smallest absolute Gasteiger partial charge is 0.341 e. The van der Waals surface area contributed by atoms with Crippen LogP contribution in [0.25, 0.3) is 11.0 Å². The number of fused-ring (bicyclic) bond motifs is 3. The van der Waals surface area contributed by atoms with E-state index in [-0.39, 0.29) is 11.7 Å². The van der Waals surface area contributed by atoms with Crippen LogP contribution >= 0.6 is 0 Å². The van der Waals surface area contributed by atoms with Crippen LogP contribution in [0.15, 0.2) is 57.7 Å². The predicted octanol–water partition coefficient (Wildman–Crippen LogP) is 4.14. The topological polar surface area (TPSA) is 42.7 Å². The zero-order chi connectivity index (χ0) is 18.1. The first kappa shape index (κ1) is 16.9. The monoisotopic (exact) mass is 349 g/mol. The molecule has 2 aromatic carbocycles. The van der Waals surface area contributed by atoms with Crippen LogP contribution in [-0.4, -0.2) is 17.5 Å². The molecule has 134 valence electrons. The Hall–Kier alpha value is -2.59. The quantitative estimate of drug-likeness (QED) is 0.664. The highest BCUT2D eigenvalue weighted by molar-refractivity contribution is 5.82. The standard InChI is InChI=1S/C22H23NO3/c1-15(2)25-17-8-9-19-18-10-11-23(13-16-6-4-3-5-7-16)14-20(18)22(24)26-21(19)12-17/h3-9,12,15H,10-11,13-14H2,1-2H3. The fraction of sp³-hybridized carbons (Fsp3) is 0.318. The summed E-state index contributed by atoms with van der Waals surface area (Å²) in [5.74, 6) is 0.733. The summed E-state index contributed by atoms with van der Waals surface area (Å²) < 4.78 is 11.3. The minimum Gasteiger partial charge on any atom is -0.491 e. The van der Waals surface area contributed by atoms with Gasteiger partial charge in [0.2, 0.25) is 0 Å². The molecule has 4 heteroatoms. The van der Waals surface area contributed by atoms with E-state index in [0.29, 0.717) is 12.1 Å². The van der Waals surface area contributed by atoms with Crippen LogP contribution in [0.2, 0.25) is 0 Å². The van der Waals surface area contributed by atoms with Gasteiger partial charge in [-0.2, -0.15) is 0 Å². The summed E-state index contributed by atoms with van der Waals surface area (Å²) in [7, 11) is 0. The van der Waals surface area contributed by atoms with Crippen LogP contribution in [-0.2, 0) is 19.5 Å². The summed E-state index contributed by atoms with van der Waals surface area (Å²) in [5, 5.41) is 1.02. The normalized spacial score (nSPS) is 14.6. The van der Waals surface area contributed by atoms with E-state index < -0.39 is 0 Å². The fourth-order valence-electron chi connectivity index (χ4n) is 3.62. The Morgan fingerprint density at radius 2 is 1.92 bits per heavy atom. The maximum Gasteiger partial charge on any atom is 0.341 e. The minimum atomic E-state index is -0.230. The number of nitrogens with zero attached hydrogens (tertiary/aromatic N) is 1. The first-order valence-corrected chi connectivity index (χ1v) is 9.11. The van der Waals surface area contributed by atoms with E-state index in [2.05, 4.69) is 17.0 Å². The maximum absolute atomic E-state index is 12.6. The van der Waals surface area contributed by atoms with Crippen molar-refractivity contribution in [3.63, 3.8) is 0 Å². The van der Waals surface area contributed by atoms with Crippen molar-refractivity contribution in [3.05, 3.63) is 75.6 Å². The molecule has 0 unspecified atom stereocenters. The molecule has 0 aliphatic carbocycles. The van der Waals surface area contributed by atoms with E-state index in [1.165, 1.54) is 5.56 Å². The fourth-order valence-corrected chi connectivity index (χ4v) is 3.62. The van der Waals surface area contributed by atoms with Gasteiger partial charge in [-0.05, 0) is 43.5 Å². The SMILES string of the molecule is CC(C)Oc1ccc2c3c(c(=O)oc2c1)CN(Cc1ccccc1)CC3. The first-order valence-electron chi connectivity index (χ1n) is 9.11. The summed E-state index contributed by atoms with van der Waals surface area (Å²) in [5.41, 5.74) is 3.56. The predicted molar refractivity (Wildman–Crippen MR) is 103 cm³/mol. The van der Waals surface area contributed by atoms with Crippen LogP contribution in [0.4, 0.5) is 0 Å². The molecule has 26 heavy (non-hydrogen) atoms. The molecule has 0 amide bonds. The Kier molecular flexibility index (Phi) is 4.51. The van der Waals surface area contributed by atoms with Crippen molar-refractivity contribution in [1.29, 1.82) is 0 Å². The van der Waals surface area contributed by atoms with Crippen molar-refractivity contribution in [2.24, 2.45) is 0 Å². The van der Waals surface area contributed by atoms with Gasteiger partial charge >= 0.3 is 5.63 Å². The zero-order valence-corrected chi connectivity index (χ0v) is 15.2. The molecular formula is C22H23NO3. The second kappa shape index (κ2) is 6.96. The van der Waals surface area contributed by atoms with Gasteiger partial charge in [-0.15, -0.1) is 0 Å². The van der Waals surface area contributed by atoms with Crippen molar-refractivity contribution >= 4 is 11.0 Å². The van der Waals surface area contributed by atoms with E-state index in [0.717, 1.165) is 41.8 Å². The number of ether oxygens (including phenoxy) is 1. The van der Waals surface area contributed by atoms with Crippen molar-refractivity contribution in [1.82, 2.24) is 4.90 Å². The van der Waals surface area contributed by atoms with Gasteiger partial charge in [-0.3, -0.25) is 4.90 Å².